The topological polar surface area (TPSA) is 128 Å². The van der Waals surface area contributed by atoms with Crippen molar-refractivity contribution in [3.63, 3.8) is 0 Å². The number of benzene rings is 3. The standard InChI is InChI=1S/C30H25NO8/c1-15(2)16-7-9-17(10-8-16)25-23(28(34)31-18-11-12-21-22(13-18)38-14-37-21)24(29(35)36)30(39-25)26(32)19-5-3-4-6-20(19)27(30)33/h3-13,15,23-25H,14H2,1-2H3,(H,31,34)(H,35,36). The molecule has 2 heterocycles. The Balaban J connectivity index is 1.45. The number of nitrogens with one attached hydrogen (secondary N) is 1. The van der Waals surface area contributed by atoms with Gasteiger partial charge in [0.2, 0.25) is 29.9 Å². The van der Waals surface area contributed by atoms with Crippen LogP contribution in [0.2, 0.25) is 0 Å². The molecule has 2 aliphatic heterocycles. The third-order valence-electron chi connectivity index (χ3n) is 7.67. The van der Waals surface area contributed by atoms with E-state index in [9.17, 15) is 24.3 Å². The number of carboxylic acids is 1. The number of hydrogen-bond acceptors (Lipinski definition) is 7. The van der Waals surface area contributed by atoms with E-state index in [4.69, 9.17) is 14.2 Å². The number of aliphatic carboxylic acids is 1. The SMILES string of the molecule is CC(C)c1ccc(C2OC3(C(=O)c4ccccc4C3=O)C(C(=O)O)C2C(=O)Nc2ccc3c(c2)OCO3)cc1. The molecule has 1 saturated heterocycles. The van der Waals surface area contributed by atoms with Gasteiger partial charge >= 0.3 is 5.97 Å². The number of carbonyl (C=O) groups is 4. The molecule has 6 rings (SSSR count). The van der Waals surface area contributed by atoms with E-state index in [-0.39, 0.29) is 23.8 Å². The molecule has 9 nitrogen and oxygen atoms in total. The Hall–Kier alpha value is -4.50. The smallest absolute Gasteiger partial charge is 0.311 e. The predicted octanol–water partition coefficient (Wildman–Crippen LogP) is 4.38. The van der Waals surface area contributed by atoms with Crippen molar-refractivity contribution in [3.05, 3.63) is 89.0 Å². The number of carbonyl (C=O) groups excluding carboxylic acids is 3. The van der Waals surface area contributed by atoms with Gasteiger partial charge in [0.05, 0.1) is 12.0 Å². The second-order valence-electron chi connectivity index (χ2n) is 10.2. The minimum Gasteiger partial charge on any atom is -0.481 e. The van der Waals surface area contributed by atoms with E-state index < -0.39 is 47.0 Å². The van der Waals surface area contributed by atoms with Crippen molar-refractivity contribution >= 4 is 29.1 Å². The summed E-state index contributed by atoms with van der Waals surface area (Å²) in [5.74, 6) is -5.67. The van der Waals surface area contributed by atoms with Gasteiger partial charge in [-0.05, 0) is 29.2 Å². The lowest BCUT2D eigenvalue weighted by Crippen LogP contribution is -2.52. The van der Waals surface area contributed by atoms with Gasteiger partial charge in [0.15, 0.2) is 11.5 Å². The first kappa shape index (κ1) is 24.8. The van der Waals surface area contributed by atoms with Crippen molar-refractivity contribution in [1.29, 1.82) is 0 Å². The van der Waals surface area contributed by atoms with Crippen molar-refractivity contribution in [1.82, 2.24) is 0 Å². The lowest BCUT2D eigenvalue weighted by Gasteiger charge is -2.25. The van der Waals surface area contributed by atoms with E-state index in [1.807, 2.05) is 26.0 Å². The molecule has 0 aromatic heterocycles. The van der Waals surface area contributed by atoms with Crippen molar-refractivity contribution in [2.45, 2.75) is 31.5 Å². The maximum absolute atomic E-state index is 13.9. The van der Waals surface area contributed by atoms with Crippen molar-refractivity contribution in [2.75, 3.05) is 12.1 Å². The van der Waals surface area contributed by atoms with Crippen molar-refractivity contribution in [3.8, 4) is 11.5 Å². The molecule has 0 bridgehead atoms. The summed E-state index contributed by atoms with van der Waals surface area (Å²) in [6.07, 6.45) is -1.18. The molecule has 2 N–H and O–H groups in total. The van der Waals surface area contributed by atoms with E-state index in [1.165, 1.54) is 12.1 Å². The molecular formula is C30H25NO8. The maximum atomic E-state index is 13.9. The highest BCUT2D eigenvalue weighted by Crippen LogP contribution is 2.54. The first-order valence-electron chi connectivity index (χ1n) is 12.6. The molecule has 9 heteroatoms. The molecule has 1 fully saturated rings. The molecule has 1 aliphatic carbocycles. The predicted molar refractivity (Wildman–Crippen MR) is 138 cm³/mol. The number of Topliss-reactive ketones (excluding diaryl/α,β-unsaturated/α-hetero) is 2. The fraction of sp³-hybridized carbons (Fsp3) is 0.267. The van der Waals surface area contributed by atoms with Crippen LogP contribution in [-0.2, 0) is 14.3 Å². The van der Waals surface area contributed by atoms with Crippen LogP contribution in [0.15, 0.2) is 66.7 Å². The van der Waals surface area contributed by atoms with Crippen molar-refractivity contribution in [2.24, 2.45) is 11.8 Å². The van der Waals surface area contributed by atoms with Crippen LogP contribution in [0.4, 0.5) is 5.69 Å². The number of amides is 1. The second-order valence-corrected chi connectivity index (χ2v) is 10.2. The van der Waals surface area contributed by atoms with Gasteiger partial charge in [-0.15, -0.1) is 0 Å². The summed E-state index contributed by atoms with van der Waals surface area (Å²) in [4.78, 5) is 54.2. The molecule has 3 atom stereocenters. The van der Waals surface area contributed by atoms with E-state index >= 15 is 0 Å². The van der Waals surface area contributed by atoms with Crippen LogP contribution in [-0.4, -0.2) is 40.9 Å². The zero-order valence-corrected chi connectivity index (χ0v) is 21.2. The first-order valence-corrected chi connectivity index (χ1v) is 12.6. The van der Waals surface area contributed by atoms with Crippen LogP contribution in [0.3, 0.4) is 0 Å². The lowest BCUT2D eigenvalue weighted by molar-refractivity contribution is -0.147. The van der Waals surface area contributed by atoms with Gasteiger partial charge in [0.25, 0.3) is 0 Å². The Morgan fingerprint density at radius 3 is 2.18 bits per heavy atom. The third-order valence-corrected chi connectivity index (χ3v) is 7.67. The Kier molecular flexibility index (Phi) is 5.76. The molecule has 3 aliphatic rings. The summed E-state index contributed by atoms with van der Waals surface area (Å²) in [6, 6.07) is 18.1. The second kappa shape index (κ2) is 9.06. The molecule has 39 heavy (non-hydrogen) atoms. The molecule has 3 aromatic carbocycles. The minimum atomic E-state index is -2.37. The van der Waals surface area contributed by atoms with E-state index in [1.54, 1.807) is 42.5 Å². The van der Waals surface area contributed by atoms with Crippen LogP contribution in [0, 0.1) is 11.8 Å². The van der Waals surface area contributed by atoms with Gasteiger partial charge in [0.1, 0.15) is 5.92 Å². The summed E-state index contributed by atoms with van der Waals surface area (Å²) in [7, 11) is 0. The van der Waals surface area contributed by atoms with Crippen LogP contribution < -0.4 is 14.8 Å². The molecule has 3 unspecified atom stereocenters. The van der Waals surface area contributed by atoms with Gasteiger partial charge in [-0.25, -0.2) is 0 Å². The first-order chi connectivity index (χ1) is 18.7. The summed E-state index contributed by atoms with van der Waals surface area (Å²) in [5.41, 5.74) is -0.337. The summed E-state index contributed by atoms with van der Waals surface area (Å²) >= 11 is 0. The fourth-order valence-corrected chi connectivity index (χ4v) is 5.71. The normalized spacial score (nSPS) is 22.4. The molecule has 1 amide bonds. The Labute approximate surface area is 223 Å². The monoisotopic (exact) mass is 527 g/mol. The Morgan fingerprint density at radius 2 is 1.56 bits per heavy atom. The van der Waals surface area contributed by atoms with Gasteiger partial charge in [-0.1, -0.05) is 62.4 Å². The summed E-state index contributed by atoms with van der Waals surface area (Å²) in [5, 5.41) is 13.2. The van der Waals surface area contributed by atoms with Gasteiger partial charge < -0.3 is 24.6 Å². The average molecular weight is 528 g/mol. The van der Waals surface area contributed by atoms with Crippen molar-refractivity contribution < 1.29 is 38.5 Å². The molecule has 0 saturated carbocycles. The van der Waals surface area contributed by atoms with Crippen LogP contribution in [0.5, 0.6) is 11.5 Å². The third kappa shape index (κ3) is 3.72. The van der Waals surface area contributed by atoms with E-state index in [0.29, 0.717) is 22.7 Å². The molecule has 0 radical (unpaired) electrons. The van der Waals surface area contributed by atoms with Gasteiger partial charge in [0, 0.05) is 22.9 Å². The maximum Gasteiger partial charge on any atom is 0.311 e. The van der Waals surface area contributed by atoms with Gasteiger partial charge in [-0.3, -0.25) is 19.2 Å². The van der Waals surface area contributed by atoms with E-state index in [2.05, 4.69) is 5.32 Å². The Morgan fingerprint density at radius 1 is 0.923 bits per heavy atom. The summed E-state index contributed by atoms with van der Waals surface area (Å²) in [6.45, 7) is 4.11. The average Bonchev–Trinajstić information content (AvgIpc) is 3.60. The number of hydrogen-bond donors (Lipinski definition) is 2. The number of fused-ring (bicyclic) bond motifs is 2. The summed E-state index contributed by atoms with van der Waals surface area (Å²) < 4.78 is 16.9. The quantitative estimate of drug-likeness (QED) is 0.468. The van der Waals surface area contributed by atoms with Gasteiger partial charge in [-0.2, -0.15) is 0 Å². The Bertz CT molecular complexity index is 1490. The highest BCUT2D eigenvalue weighted by atomic mass is 16.7. The zero-order valence-electron chi connectivity index (χ0n) is 21.2. The van der Waals surface area contributed by atoms with E-state index in [0.717, 1.165) is 5.56 Å². The molecule has 3 aromatic rings. The molecule has 1 spiro atoms. The minimum absolute atomic E-state index is 0.0477. The highest BCUT2D eigenvalue weighted by Gasteiger charge is 2.71. The largest absolute Gasteiger partial charge is 0.481 e. The van der Waals surface area contributed by atoms with Crippen LogP contribution in [0.25, 0.3) is 0 Å². The molecule has 198 valence electrons. The van der Waals surface area contributed by atoms with Crippen LogP contribution >= 0.6 is 0 Å². The number of ether oxygens (including phenoxy) is 3. The number of rotatable bonds is 5. The fourth-order valence-electron chi connectivity index (χ4n) is 5.71. The lowest BCUT2D eigenvalue weighted by atomic mass is 9.75. The number of ketones is 2. The zero-order chi connectivity index (χ0) is 27.5. The number of carboxylic acid groups (broad SMARTS) is 1. The highest BCUT2D eigenvalue weighted by molar-refractivity contribution is 6.34. The number of anilines is 1. The molecular weight excluding hydrogens is 502 g/mol. The van der Waals surface area contributed by atoms with Crippen LogP contribution in [0.1, 0.15) is 57.7 Å².